The summed E-state index contributed by atoms with van der Waals surface area (Å²) in [6, 6.07) is 0. The van der Waals surface area contributed by atoms with E-state index in [9.17, 15) is 9.50 Å². The van der Waals surface area contributed by atoms with Crippen LogP contribution >= 0.6 is 11.8 Å². The van der Waals surface area contributed by atoms with E-state index >= 15 is 4.39 Å². The lowest BCUT2D eigenvalue weighted by molar-refractivity contribution is 0.0292. The first kappa shape index (κ1) is 16.7. The zero-order chi connectivity index (χ0) is 16.1. The lowest BCUT2D eigenvalue weighted by Gasteiger charge is -2.42. The molecule has 0 aromatic rings. The first-order valence-electron chi connectivity index (χ1n) is 9.43. The average molecular weight is 340 g/mol. The fourth-order valence-corrected chi connectivity index (χ4v) is 8.00. The van der Waals surface area contributed by atoms with Crippen LogP contribution in [0.25, 0.3) is 0 Å². The molecule has 1 aliphatic heterocycles. The van der Waals surface area contributed by atoms with Gasteiger partial charge in [-0.3, -0.25) is 0 Å². The Morgan fingerprint density at radius 2 is 1.30 bits per heavy atom. The summed E-state index contributed by atoms with van der Waals surface area (Å²) in [5, 5.41) is 9.60. The smallest absolute Gasteiger partial charge is 0.115 e. The monoisotopic (exact) mass is 340 g/mol. The number of hydrogen-bond donors (Lipinski definition) is 1. The van der Waals surface area contributed by atoms with Crippen LogP contribution in [0.5, 0.6) is 0 Å². The van der Waals surface area contributed by atoms with Crippen LogP contribution in [0.4, 0.5) is 8.78 Å². The number of hydrogen-bond acceptors (Lipinski definition) is 2. The quantitative estimate of drug-likeness (QED) is 0.726. The van der Waals surface area contributed by atoms with Gasteiger partial charge in [0.2, 0.25) is 0 Å². The fourth-order valence-electron chi connectivity index (χ4n) is 5.85. The molecule has 8 unspecified atom stereocenters. The molecule has 1 saturated heterocycles. The first-order valence-corrected chi connectivity index (χ1v) is 10.4. The Morgan fingerprint density at radius 3 is 2.00 bits per heavy atom. The average Bonchev–Trinajstić information content (AvgIpc) is 2.93. The van der Waals surface area contributed by atoms with Crippen LogP contribution in [0.3, 0.4) is 0 Å². The highest BCUT2D eigenvalue weighted by molar-refractivity contribution is 8.00. The van der Waals surface area contributed by atoms with E-state index in [1.807, 2.05) is 0 Å². The van der Waals surface area contributed by atoms with E-state index in [1.165, 1.54) is 0 Å². The molecule has 3 saturated carbocycles. The van der Waals surface area contributed by atoms with Crippen LogP contribution in [-0.2, 0) is 0 Å². The number of alkyl halides is 2. The van der Waals surface area contributed by atoms with Crippen molar-refractivity contribution in [1.82, 2.24) is 0 Å². The molecule has 4 rings (SSSR count). The SMILES string of the molecule is [B]C1CCC2C3CCC(C4CCC(O)CC4)C(F)C3SC2C1F. The predicted octanol–water partition coefficient (Wildman–Crippen LogP) is 4.09. The van der Waals surface area contributed by atoms with Crippen molar-refractivity contribution in [3.8, 4) is 0 Å². The number of rotatable bonds is 1. The lowest BCUT2D eigenvalue weighted by atomic mass is 9.62. The highest BCUT2D eigenvalue weighted by Gasteiger charge is 2.56. The van der Waals surface area contributed by atoms with Gasteiger partial charge in [-0.1, -0.05) is 6.42 Å². The summed E-state index contributed by atoms with van der Waals surface area (Å²) < 4.78 is 29.8. The van der Waals surface area contributed by atoms with E-state index in [4.69, 9.17) is 7.85 Å². The zero-order valence-corrected chi connectivity index (χ0v) is 14.4. The van der Waals surface area contributed by atoms with Gasteiger partial charge in [0.25, 0.3) is 0 Å². The van der Waals surface area contributed by atoms with E-state index in [2.05, 4.69) is 0 Å². The Morgan fingerprint density at radius 1 is 0.739 bits per heavy atom. The van der Waals surface area contributed by atoms with Gasteiger partial charge >= 0.3 is 0 Å². The number of thioether (sulfide) groups is 1. The summed E-state index contributed by atoms with van der Waals surface area (Å²) in [4.78, 5) is 0. The topological polar surface area (TPSA) is 20.2 Å². The molecular formula is C18H27BF2OS. The van der Waals surface area contributed by atoms with Gasteiger partial charge < -0.3 is 5.11 Å². The number of fused-ring (bicyclic) bond motifs is 3. The maximum Gasteiger partial charge on any atom is 0.115 e. The largest absolute Gasteiger partial charge is 0.393 e. The Hall–Kier alpha value is 0.235. The van der Waals surface area contributed by atoms with Crippen molar-refractivity contribution in [3.63, 3.8) is 0 Å². The van der Waals surface area contributed by atoms with Gasteiger partial charge in [0.15, 0.2) is 0 Å². The van der Waals surface area contributed by atoms with E-state index in [0.29, 0.717) is 17.8 Å². The number of halogens is 2. The Labute approximate surface area is 143 Å². The second kappa shape index (κ2) is 6.51. The summed E-state index contributed by atoms with van der Waals surface area (Å²) in [6.07, 6.45) is 5.37. The summed E-state index contributed by atoms with van der Waals surface area (Å²) in [7, 11) is 5.91. The maximum atomic E-state index is 15.3. The fraction of sp³-hybridized carbons (Fsp3) is 1.00. The molecule has 128 valence electrons. The number of aliphatic hydroxyl groups is 1. The van der Waals surface area contributed by atoms with Gasteiger partial charge in [0.05, 0.1) is 14.0 Å². The molecule has 4 aliphatic rings. The molecule has 0 aromatic heterocycles. The van der Waals surface area contributed by atoms with Crippen molar-refractivity contribution in [2.75, 3.05) is 0 Å². The van der Waals surface area contributed by atoms with Crippen molar-refractivity contribution in [2.24, 2.45) is 23.7 Å². The highest BCUT2D eigenvalue weighted by Crippen LogP contribution is 2.59. The van der Waals surface area contributed by atoms with Crippen LogP contribution < -0.4 is 0 Å². The van der Waals surface area contributed by atoms with Gasteiger partial charge in [-0.15, -0.1) is 11.8 Å². The van der Waals surface area contributed by atoms with Crippen molar-refractivity contribution in [1.29, 1.82) is 0 Å². The zero-order valence-electron chi connectivity index (χ0n) is 13.6. The Bertz CT molecular complexity index is 431. The van der Waals surface area contributed by atoms with Gasteiger partial charge in [-0.2, -0.15) is 0 Å². The van der Waals surface area contributed by atoms with Gasteiger partial charge in [-0.25, -0.2) is 8.78 Å². The Balaban J connectivity index is 1.46. The molecule has 4 fully saturated rings. The normalized spacial score (nSPS) is 56.8. The molecule has 3 aliphatic carbocycles. The van der Waals surface area contributed by atoms with Gasteiger partial charge in [0, 0.05) is 10.5 Å². The van der Waals surface area contributed by atoms with Crippen molar-refractivity contribution in [3.05, 3.63) is 0 Å². The highest BCUT2D eigenvalue weighted by atomic mass is 32.2. The molecule has 1 nitrogen and oxygen atoms in total. The predicted molar refractivity (Wildman–Crippen MR) is 91.4 cm³/mol. The van der Waals surface area contributed by atoms with E-state index < -0.39 is 12.3 Å². The molecule has 0 bridgehead atoms. The molecule has 0 amide bonds. The van der Waals surface area contributed by atoms with E-state index in [0.717, 1.165) is 51.4 Å². The first-order chi connectivity index (χ1) is 11.1. The molecule has 0 aromatic carbocycles. The maximum absolute atomic E-state index is 15.3. The molecular weight excluding hydrogens is 313 g/mol. The van der Waals surface area contributed by atoms with Crippen LogP contribution in [0.1, 0.15) is 51.4 Å². The van der Waals surface area contributed by atoms with Crippen LogP contribution in [-0.4, -0.2) is 41.9 Å². The molecule has 2 radical (unpaired) electrons. The third-order valence-electron chi connectivity index (χ3n) is 7.17. The number of aliphatic hydroxyl groups excluding tert-OH is 1. The van der Waals surface area contributed by atoms with E-state index in [1.54, 1.807) is 11.8 Å². The minimum Gasteiger partial charge on any atom is -0.393 e. The van der Waals surface area contributed by atoms with Crippen LogP contribution in [0.2, 0.25) is 5.82 Å². The molecule has 1 heterocycles. The van der Waals surface area contributed by atoms with Crippen molar-refractivity contribution in [2.45, 2.75) is 86.1 Å². The summed E-state index contributed by atoms with van der Waals surface area (Å²) in [6.45, 7) is 0. The summed E-state index contributed by atoms with van der Waals surface area (Å²) >= 11 is 1.59. The third kappa shape index (κ3) is 2.88. The standard InChI is InChI=1S/C18H27BF2OS/c19-14-8-7-13-12-6-5-11(9-1-3-10(22)4-2-9)15(20)17(12)23-18(13)16(14)21/h9-18,22H,1-8H2. The van der Waals surface area contributed by atoms with Crippen LogP contribution in [0.15, 0.2) is 0 Å². The Kier molecular flexibility index (Phi) is 4.73. The van der Waals surface area contributed by atoms with Crippen LogP contribution in [0, 0.1) is 23.7 Å². The minimum absolute atomic E-state index is 0.0147. The molecule has 23 heavy (non-hydrogen) atoms. The lowest BCUT2D eigenvalue weighted by Crippen LogP contribution is -2.43. The summed E-state index contributed by atoms with van der Waals surface area (Å²) in [5.41, 5.74) is 0. The molecule has 8 atom stereocenters. The second-order valence-electron chi connectivity index (χ2n) is 8.33. The van der Waals surface area contributed by atoms with Gasteiger partial charge in [-0.05, 0) is 74.4 Å². The molecule has 0 spiro atoms. The van der Waals surface area contributed by atoms with Crippen molar-refractivity contribution >= 4 is 19.6 Å². The third-order valence-corrected chi connectivity index (χ3v) is 9.02. The minimum atomic E-state index is -0.958. The molecule has 1 N–H and O–H groups in total. The van der Waals surface area contributed by atoms with Crippen molar-refractivity contribution < 1.29 is 13.9 Å². The van der Waals surface area contributed by atoms with Gasteiger partial charge in [0.1, 0.15) is 12.3 Å². The summed E-state index contributed by atoms with van der Waals surface area (Å²) in [5.74, 6) is 0.894. The molecule has 5 heteroatoms. The second-order valence-corrected chi connectivity index (χ2v) is 9.69. The van der Waals surface area contributed by atoms with E-state index in [-0.39, 0.29) is 28.3 Å².